The third-order valence-corrected chi connectivity index (χ3v) is 3.59. The maximum absolute atomic E-state index is 12.2. The smallest absolute Gasteiger partial charge is 0.274 e. The zero-order chi connectivity index (χ0) is 17.5. The van der Waals surface area contributed by atoms with Crippen molar-refractivity contribution in [2.45, 2.75) is 6.54 Å². The van der Waals surface area contributed by atoms with Crippen LogP contribution in [0.25, 0.3) is 0 Å². The Morgan fingerprint density at radius 2 is 1.72 bits per heavy atom. The molecule has 0 saturated carbocycles. The predicted molar refractivity (Wildman–Crippen MR) is 96.7 cm³/mol. The maximum atomic E-state index is 12.2. The normalized spacial score (nSPS) is 10.1. The van der Waals surface area contributed by atoms with Crippen LogP contribution < -0.4 is 15.4 Å². The van der Waals surface area contributed by atoms with Crippen molar-refractivity contribution >= 4 is 17.3 Å². The van der Waals surface area contributed by atoms with E-state index in [0.717, 1.165) is 17.0 Å². The lowest BCUT2D eigenvalue weighted by molar-refractivity contribution is 0.102. The van der Waals surface area contributed by atoms with E-state index in [2.05, 4.69) is 20.6 Å². The number of nitrogens with one attached hydrogen (secondary N) is 2. The molecule has 0 bridgehead atoms. The number of anilines is 2. The first-order valence-electron chi connectivity index (χ1n) is 7.79. The number of nitrogens with zero attached hydrogens (tertiary/aromatic N) is 2. The van der Waals surface area contributed by atoms with Gasteiger partial charge in [0.25, 0.3) is 5.91 Å². The number of rotatable bonds is 6. The van der Waals surface area contributed by atoms with Gasteiger partial charge in [-0.15, -0.1) is 0 Å². The topological polar surface area (TPSA) is 76.1 Å². The molecule has 3 rings (SSSR count). The van der Waals surface area contributed by atoms with E-state index in [9.17, 15) is 4.79 Å². The summed E-state index contributed by atoms with van der Waals surface area (Å²) in [7, 11) is 1.60. The molecule has 0 unspecified atom stereocenters. The number of methoxy groups -OCH3 is 1. The molecule has 6 heteroatoms. The third-order valence-electron chi connectivity index (χ3n) is 3.59. The van der Waals surface area contributed by atoms with Crippen LogP contribution in [-0.4, -0.2) is 23.0 Å². The van der Waals surface area contributed by atoms with E-state index >= 15 is 0 Å². The van der Waals surface area contributed by atoms with Gasteiger partial charge in [-0.25, -0.2) is 4.98 Å². The van der Waals surface area contributed by atoms with Crippen LogP contribution in [0.3, 0.4) is 0 Å². The van der Waals surface area contributed by atoms with Gasteiger partial charge in [-0.3, -0.25) is 9.78 Å². The summed E-state index contributed by atoms with van der Waals surface area (Å²) in [6.45, 7) is 0.668. The van der Waals surface area contributed by atoms with Gasteiger partial charge < -0.3 is 15.4 Å². The molecule has 0 spiro atoms. The van der Waals surface area contributed by atoms with Gasteiger partial charge in [-0.1, -0.05) is 0 Å². The van der Waals surface area contributed by atoms with Crippen LogP contribution >= 0.6 is 0 Å². The van der Waals surface area contributed by atoms with Crippen molar-refractivity contribution in [3.63, 3.8) is 0 Å². The Balaban J connectivity index is 1.58. The van der Waals surface area contributed by atoms with Crippen molar-refractivity contribution in [2.75, 3.05) is 17.7 Å². The Hall–Kier alpha value is -3.41. The standard InChI is InChI=1S/C19H18N4O2/c1-25-17-5-2-15(3-6-17)23-19(24)18-7-4-16(13-22-18)21-12-14-8-10-20-11-9-14/h2-11,13,21H,12H2,1H3,(H,23,24). The van der Waals surface area contributed by atoms with Crippen LogP contribution in [0.2, 0.25) is 0 Å². The van der Waals surface area contributed by atoms with Crippen molar-refractivity contribution < 1.29 is 9.53 Å². The van der Waals surface area contributed by atoms with E-state index in [1.165, 1.54) is 0 Å². The predicted octanol–water partition coefficient (Wildman–Crippen LogP) is 3.35. The van der Waals surface area contributed by atoms with E-state index in [0.29, 0.717) is 17.9 Å². The van der Waals surface area contributed by atoms with Gasteiger partial charge in [0.1, 0.15) is 11.4 Å². The lowest BCUT2D eigenvalue weighted by Crippen LogP contribution is -2.13. The lowest BCUT2D eigenvalue weighted by Gasteiger charge is -2.08. The average molecular weight is 334 g/mol. The molecule has 0 aliphatic rings. The van der Waals surface area contributed by atoms with Crippen LogP contribution in [0, 0.1) is 0 Å². The van der Waals surface area contributed by atoms with E-state index in [1.54, 1.807) is 56.0 Å². The maximum Gasteiger partial charge on any atom is 0.274 e. The van der Waals surface area contributed by atoms with Crippen LogP contribution in [-0.2, 0) is 6.54 Å². The summed E-state index contributed by atoms with van der Waals surface area (Å²) >= 11 is 0. The average Bonchev–Trinajstić information content (AvgIpc) is 2.68. The highest BCUT2D eigenvalue weighted by Crippen LogP contribution is 2.16. The Morgan fingerprint density at radius 1 is 1.00 bits per heavy atom. The molecule has 126 valence electrons. The summed E-state index contributed by atoms with van der Waals surface area (Å²) in [6.07, 6.45) is 5.15. The second kappa shape index (κ2) is 7.92. The van der Waals surface area contributed by atoms with Gasteiger partial charge in [-0.05, 0) is 54.1 Å². The highest BCUT2D eigenvalue weighted by atomic mass is 16.5. The van der Waals surface area contributed by atoms with E-state index < -0.39 is 0 Å². The van der Waals surface area contributed by atoms with Crippen LogP contribution in [0.4, 0.5) is 11.4 Å². The van der Waals surface area contributed by atoms with E-state index in [-0.39, 0.29) is 5.91 Å². The first kappa shape index (κ1) is 16.4. The van der Waals surface area contributed by atoms with E-state index in [1.807, 2.05) is 18.2 Å². The van der Waals surface area contributed by atoms with Crippen molar-refractivity contribution in [3.05, 3.63) is 78.4 Å². The molecule has 25 heavy (non-hydrogen) atoms. The summed E-state index contributed by atoms with van der Waals surface area (Å²) in [5.74, 6) is 0.478. The number of ether oxygens (including phenoxy) is 1. The van der Waals surface area contributed by atoms with Crippen LogP contribution in [0.1, 0.15) is 16.1 Å². The second-order valence-corrected chi connectivity index (χ2v) is 5.32. The summed E-state index contributed by atoms with van der Waals surface area (Å²) in [5, 5.41) is 6.06. The molecule has 6 nitrogen and oxygen atoms in total. The minimum absolute atomic E-state index is 0.258. The second-order valence-electron chi connectivity index (χ2n) is 5.32. The van der Waals surface area contributed by atoms with Crippen molar-refractivity contribution in [1.29, 1.82) is 0 Å². The molecule has 1 aromatic carbocycles. The number of hydrogen-bond acceptors (Lipinski definition) is 5. The quantitative estimate of drug-likeness (QED) is 0.723. The molecule has 0 aliphatic carbocycles. The molecule has 3 aromatic rings. The number of pyridine rings is 2. The molecule has 0 radical (unpaired) electrons. The number of aromatic nitrogens is 2. The summed E-state index contributed by atoms with van der Waals surface area (Å²) in [5.41, 5.74) is 3.01. The number of amides is 1. The number of benzene rings is 1. The fourth-order valence-corrected chi connectivity index (χ4v) is 2.21. The Morgan fingerprint density at radius 3 is 2.36 bits per heavy atom. The molecule has 0 saturated heterocycles. The number of hydrogen-bond donors (Lipinski definition) is 2. The Bertz CT molecular complexity index is 818. The van der Waals surface area contributed by atoms with E-state index in [4.69, 9.17) is 4.74 Å². The zero-order valence-corrected chi connectivity index (χ0v) is 13.8. The molecule has 1 amide bonds. The highest BCUT2D eigenvalue weighted by molar-refractivity contribution is 6.02. The first-order chi connectivity index (χ1) is 12.2. The number of carbonyl (C=O) groups is 1. The molecule has 2 aromatic heterocycles. The van der Waals surface area contributed by atoms with Crippen molar-refractivity contribution in [2.24, 2.45) is 0 Å². The van der Waals surface area contributed by atoms with Gasteiger partial charge in [0.15, 0.2) is 0 Å². The molecular formula is C19H18N4O2. The van der Waals surface area contributed by atoms with Gasteiger partial charge >= 0.3 is 0 Å². The largest absolute Gasteiger partial charge is 0.497 e. The van der Waals surface area contributed by atoms with Crippen molar-refractivity contribution in [3.8, 4) is 5.75 Å². The molecule has 2 N–H and O–H groups in total. The van der Waals surface area contributed by atoms with Crippen LogP contribution in [0.5, 0.6) is 5.75 Å². The van der Waals surface area contributed by atoms with Gasteiger partial charge in [-0.2, -0.15) is 0 Å². The molecule has 0 aliphatic heterocycles. The minimum atomic E-state index is -0.258. The fourth-order valence-electron chi connectivity index (χ4n) is 2.21. The Kier molecular flexibility index (Phi) is 5.21. The summed E-state index contributed by atoms with van der Waals surface area (Å²) in [4.78, 5) is 20.4. The van der Waals surface area contributed by atoms with Gasteiger partial charge in [0.2, 0.25) is 0 Å². The van der Waals surface area contributed by atoms with Gasteiger partial charge in [0, 0.05) is 24.6 Å². The SMILES string of the molecule is COc1ccc(NC(=O)c2ccc(NCc3ccncc3)cn2)cc1. The first-order valence-corrected chi connectivity index (χ1v) is 7.79. The zero-order valence-electron chi connectivity index (χ0n) is 13.8. The molecule has 0 fully saturated rings. The van der Waals surface area contributed by atoms with Crippen LogP contribution in [0.15, 0.2) is 67.1 Å². The Labute approximate surface area is 145 Å². The summed E-state index contributed by atoms with van der Waals surface area (Å²) in [6, 6.07) is 14.5. The minimum Gasteiger partial charge on any atom is -0.497 e. The fraction of sp³-hybridized carbons (Fsp3) is 0.105. The number of carbonyl (C=O) groups excluding carboxylic acids is 1. The molecule has 0 atom stereocenters. The lowest BCUT2D eigenvalue weighted by atomic mass is 10.2. The monoisotopic (exact) mass is 334 g/mol. The molecular weight excluding hydrogens is 316 g/mol. The highest BCUT2D eigenvalue weighted by Gasteiger charge is 2.07. The molecule has 2 heterocycles. The van der Waals surface area contributed by atoms with Gasteiger partial charge in [0.05, 0.1) is 19.0 Å². The summed E-state index contributed by atoms with van der Waals surface area (Å²) < 4.78 is 5.09. The van der Waals surface area contributed by atoms with Crippen molar-refractivity contribution in [1.82, 2.24) is 9.97 Å². The third kappa shape index (κ3) is 4.54.